The molecule has 88 valence electrons. The van der Waals surface area contributed by atoms with Crippen LogP contribution >= 0.6 is 15.9 Å². The maximum absolute atomic E-state index is 11.7. The first-order chi connectivity index (χ1) is 7.56. The largest absolute Gasteiger partial charge is 0.349 e. The molecule has 0 aromatic heterocycles. The standard InChI is InChI=1S/C12H17BrN2O/c1-15(2)12(16)7-9(8-14)10-5-3-4-6-11(10)13/h3-6,9H,7-8,14H2,1-2H3. The fourth-order valence-corrected chi connectivity index (χ4v) is 2.13. The maximum atomic E-state index is 11.7. The SMILES string of the molecule is CN(C)C(=O)CC(CN)c1ccccc1Br. The summed E-state index contributed by atoms with van der Waals surface area (Å²) in [6, 6.07) is 7.89. The highest BCUT2D eigenvalue weighted by atomic mass is 79.9. The molecule has 0 aliphatic rings. The van der Waals surface area contributed by atoms with Gasteiger partial charge in [-0.25, -0.2) is 0 Å². The first-order valence-corrected chi connectivity index (χ1v) is 6.00. The van der Waals surface area contributed by atoms with Crippen LogP contribution in [0.5, 0.6) is 0 Å². The van der Waals surface area contributed by atoms with Crippen molar-refractivity contribution in [2.24, 2.45) is 5.73 Å². The Balaban J connectivity index is 2.83. The second-order valence-electron chi connectivity index (χ2n) is 3.95. The van der Waals surface area contributed by atoms with E-state index in [1.807, 2.05) is 24.3 Å². The number of carbonyl (C=O) groups excluding carboxylic acids is 1. The van der Waals surface area contributed by atoms with Gasteiger partial charge < -0.3 is 10.6 Å². The molecule has 3 nitrogen and oxygen atoms in total. The third-order valence-electron chi connectivity index (χ3n) is 2.55. The molecule has 1 aromatic carbocycles. The van der Waals surface area contributed by atoms with Crippen LogP contribution in [0.1, 0.15) is 17.9 Å². The van der Waals surface area contributed by atoms with Crippen molar-refractivity contribution in [2.75, 3.05) is 20.6 Å². The van der Waals surface area contributed by atoms with Crippen molar-refractivity contribution < 1.29 is 4.79 Å². The van der Waals surface area contributed by atoms with E-state index in [4.69, 9.17) is 5.73 Å². The molecular formula is C12H17BrN2O. The normalized spacial score (nSPS) is 12.2. The van der Waals surface area contributed by atoms with Crippen molar-refractivity contribution >= 4 is 21.8 Å². The number of hydrogen-bond donors (Lipinski definition) is 1. The van der Waals surface area contributed by atoms with Crippen molar-refractivity contribution in [3.8, 4) is 0 Å². The zero-order valence-electron chi connectivity index (χ0n) is 9.61. The van der Waals surface area contributed by atoms with Gasteiger partial charge in [-0.3, -0.25) is 4.79 Å². The van der Waals surface area contributed by atoms with Crippen molar-refractivity contribution in [3.63, 3.8) is 0 Å². The average molecular weight is 285 g/mol. The van der Waals surface area contributed by atoms with Gasteiger partial charge in [-0.15, -0.1) is 0 Å². The number of carbonyl (C=O) groups is 1. The summed E-state index contributed by atoms with van der Waals surface area (Å²) in [4.78, 5) is 13.2. The minimum absolute atomic E-state index is 0.0745. The zero-order valence-corrected chi connectivity index (χ0v) is 11.2. The Bertz CT molecular complexity index is 366. The van der Waals surface area contributed by atoms with Gasteiger partial charge in [-0.05, 0) is 18.2 Å². The van der Waals surface area contributed by atoms with Crippen LogP contribution < -0.4 is 5.73 Å². The van der Waals surface area contributed by atoms with Crippen LogP contribution in [0.15, 0.2) is 28.7 Å². The van der Waals surface area contributed by atoms with E-state index in [0.29, 0.717) is 13.0 Å². The Hall–Kier alpha value is -0.870. The van der Waals surface area contributed by atoms with Gasteiger partial charge in [0.25, 0.3) is 0 Å². The Labute approximate surface area is 105 Å². The maximum Gasteiger partial charge on any atom is 0.222 e. The van der Waals surface area contributed by atoms with Crippen LogP contribution in [-0.4, -0.2) is 31.4 Å². The lowest BCUT2D eigenvalue weighted by molar-refractivity contribution is -0.129. The number of halogens is 1. The minimum atomic E-state index is 0.0745. The first kappa shape index (κ1) is 13.2. The molecule has 0 saturated heterocycles. The van der Waals surface area contributed by atoms with Crippen LogP contribution in [-0.2, 0) is 4.79 Å². The van der Waals surface area contributed by atoms with Crippen LogP contribution in [0.3, 0.4) is 0 Å². The zero-order chi connectivity index (χ0) is 12.1. The number of nitrogens with two attached hydrogens (primary N) is 1. The molecule has 0 heterocycles. The van der Waals surface area contributed by atoms with E-state index in [2.05, 4.69) is 15.9 Å². The van der Waals surface area contributed by atoms with Gasteiger partial charge in [0, 0.05) is 30.9 Å². The molecule has 1 aromatic rings. The molecule has 0 spiro atoms. The van der Waals surface area contributed by atoms with Crippen LogP contribution in [0.4, 0.5) is 0 Å². The van der Waals surface area contributed by atoms with Crippen molar-refractivity contribution in [1.29, 1.82) is 0 Å². The van der Waals surface area contributed by atoms with Crippen LogP contribution in [0.25, 0.3) is 0 Å². The highest BCUT2D eigenvalue weighted by molar-refractivity contribution is 9.10. The summed E-state index contributed by atoms with van der Waals surface area (Å²) in [5, 5.41) is 0. The summed E-state index contributed by atoms with van der Waals surface area (Å²) in [6.45, 7) is 0.474. The van der Waals surface area contributed by atoms with E-state index in [1.54, 1.807) is 19.0 Å². The molecule has 0 aliphatic heterocycles. The Morgan fingerprint density at radius 3 is 2.56 bits per heavy atom. The molecule has 0 radical (unpaired) electrons. The highest BCUT2D eigenvalue weighted by Gasteiger charge is 2.17. The molecule has 0 saturated carbocycles. The summed E-state index contributed by atoms with van der Waals surface area (Å²) in [5.74, 6) is 0.177. The molecule has 0 fully saturated rings. The molecule has 1 rings (SSSR count). The molecule has 16 heavy (non-hydrogen) atoms. The molecule has 0 aliphatic carbocycles. The number of amides is 1. The van der Waals surface area contributed by atoms with Gasteiger partial charge in [0.15, 0.2) is 0 Å². The fraction of sp³-hybridized carbons (Fsp3) is 0.417. The fourth-order valence-electron chi connectivity index (χ4n) is 1.52. The summed E-state index contributed by atoms with van der Waals surface area (Å²) >= 11 is 3.48. The van der Waals surface area contributed by atoms with E-state index in [0.717, 1.165) is 10.0 Å². The van der Waals surface area contributed by atoms with E-state index < -0.39 is 0 Å². The molecule has 1 unspecified atom stereocenters. The van der Waals surface area contributed by atoms with Gasteiger partial charge in [-0.2, -0.15) is 0 Å². The molecule has 4 heteroatoms. The van der Waals surface area contributed by atoms with E-state index >= 15 is 0 Å². The van der Waals surface area contributed by atoms with Gasteiger partial charge in [0.1, 0.15) is 0 Å². The topological polar surface area (TPSA) is 46.3 Å². The molecule has 1 amide bonds. The third kappa shape index (κ3) is 3.32. The van der Waals surface area contributed by atoms with Crippen molar-refractivity contribution in [1.82, 2.24) is 4.90 Å². The summed E-state index contributed by atoms with van der Waals surface area (Å²) in [5.41, 5.74) is 6.83. The summed E-state index contributed by atoms with van der Waals surface area (Å²) < 4.78 is 1.01. The number of rotatable bonds is 4. The number of benzene rings is 1. The number of nitrogens with zero attached hydrogens (tertiary/aromatic N) is 1. The van der Waals surface area contributed by atoms with Crippen LogP contribution in [0.2, 0.25) is 0 Å². The lowest BCUT2D eigenvalue weighted by atomic mass is 9.95. The Morgan fingerprint density at radius 1 is 1.44 bits per heavy atom. The Kier molecular flexibility index (Phi) is 4.96. The van der Waals surface area contributed by atoms with E-state index in [1.165, 1.54) is 0 Å². The number of hydrogen-bond acceptors (Lipinski definition) is 2. The van der Waals surface area contributed by atoms with E-state index in [-0.39, 0.29) is 11.8 Å². The van der Waals surface area contributed by atoms with Gasteiger partial charge >= 0.3 is 0 Å². The molecule has 0 bridgehead atoms. The van der Waals surface area contributed by atoms with Crippen molar-refractivity contribution in [2.45, 2.75) is 12.3 Å². The molecule has 2 N–H and O–H groups in total. The monoisotopic (exact) mass is 284 g/mol. The Morgan fingerprint density at radius 2 is 2.06 bits per heavy atom. The second kappa shape index (κ2) is 6.01. The smallest absolute Gasteiger partial charge is 0.222 e. The first-order valence-electron chi connectivity index (χ1n) is 5.21. The molecule has 1 atom stereocenters. The third-order valence-corrected chi connectivity index (χ3v) is 3.27. The summed E-state index contributed by atoms with van der Waals surface area (Å²) in [7, 11) is 3.52. The average Bonchev–Trinajstić information content (AvgIpc) is 2.26. The predicted molar refractivity (Wildman–Crippen MR) is 69.2 cm³/mol. The lowest BCUT2D eigenvalue weighted by Gasteiger charge is -2.18. The quantitative estimate of drug-likeness (QED) is 0.919. The summed E-state index contributed by atoms with van der Waals surface area (Å²) in [6.07, 6.45) is 0.451. The van der Waals surface area contributed by atoms with Crippen molar-refractivity contribution in [3.05, 3.63) is 34.3 Å². The van der Waals surface area contributed by atoms with Gasteiger partial charge in [0.2, 0.25) is 5.91 Å². The van der Waals surface area contributed by atoms with Gasteiger partial charge in [0.05, 0.1) is 0 Å². The van der Waals surface area contributed by atoms with Crippen LogP contribution in [0, 0.1) is 0 Å². The second-order valence-corrected chi connectivity index (χ2v) is 4.80. The lowest BCUT2D eigenvalue weighted by Crippen LogP contribution is -2.26. The predicted octanol–water partition coefficient (Wildman–Crippen LogP) is 1.97. The highest BCUT2D eigenvalue weighted by Crippen LogP contribution is 2.26. The van der Waals surface area contributed by atoms with E-state index in [9.17, 15) is 4.79 Å². The molecular weight excluding hydrogens is 268 g/mol. The minimum Gasteiger partial charge on any atom is -0.349 e. The van der Waals surface area contributed by atoms with Gasteiger partial charge in [-0.1, -0.05) is 34.1 Å².